The van der Waals surface area contributed by atoms with Gasteiger partial charge in [0.25, 0.3) is 0 Å². The molecule has 1 heterocycles. The Kier molecular flexibility index (Phi) is 5.10. The second-order valence-corrected chi connectivity index (χ2v) is 5.54. The molecule has 104 valence electrons. The van der Waals surface area contributed by atoms with Crippen LogP contribution in [0.2, 0.25) is 0 Å². The lowest BCUT2D eigenvalue weighted by Crippen LogP contribution is -2.42. The molecule has 0 aromatic heterocycles. The van der Waals surface area contributed by atoms with Crippen LogP contribution in [0, 0.1) is 0 Å². The van der Waals surface area contributed by atoms with Crippen molar-refractivity contribution in [3.63, 3.8) is 0 Å². The second kappa shape index (κ2) is 6.82. The van der Waals surface area contributed by atoms with Crippen LogP contribution in [-0.2, 0) is 11.3 Å². The van der Waals surface area contributed by atoms with Gasteiger partial charge in [0.1, 0.15) is 5.75 Å². The van der Waals surface area contributed by atoms with E-state index in [0.717, 1.165) is 22.9 Å². The summed E-state index contributed by atoms with van der Waals surface area (Å²) in [5.41, 5.74) is 1.05. The van der Waals surface area contributed by atoms with Gasteiger partial charge in [0.15, 0.2) is 0 Å². The quantitative estimate of drug-likeness (QED) is 0.891. The van der Waals surface area contributed by atoms with E-state index in [4.69, 9.17) is 4.74 Å². The van der Waals surface area contributed by atoms with Gasteiger partial charge in [-0.25, -0.2) is 0 Å². The molecule has 0 saturated carbocycles. The fourth-order valence-electron chi connectivity index (χ4n) is 2.08. The maximum absolute atomic E-state index is 12.2. The number of hydrogen-bond donors (Lipinski definition) is 1. The number of likely N-dealkylation sites (N-methyl/N-ethyl adjacent to an activating group) is 1. The smallest absolute Gasteiger partial charge is 0.240 e. The van der Waals surface area contributed by atoms with Crippen LogP contribution < -0.4 is 10.1 Å². The van der Waals surface area contributed by atoms with E-state index in [2.05, 4.69) is 5.32 Å². The number of para-hydroxylation sites is 1. The van der Waals surface area contributed by atoms with Gasteiger partial charge in [-0.1, -0.05) is 18.2 Å². The predicted molar refractivity (Wildman–Crippen MR) is 78.3 cm³/mol. The number of carbonyl (C=O) groups excluding carboxylic acids is 1. The maximum atomic E-state index is 12.2. The molecule has 19 heavy (non-hydrogen) atoms. The average molecular weight is 280 g/mol. The Hall–Kier alpha value is -1.20. The minimum Gasteiger partial charge on any atom is -0.494 e. The Morgan fingerprint density at radius 1 is 1.53 bits per heavy atom. The van der Waals surface area contributed by atoms with Gasteiger partial charge < -0.3 is 9.64 Å². The lowest BCUT2D eigenvalue weighted by molar-refractivity contribution is -0.131. The van der Waals surface area contributed by atoms with Crippen molar-refractivity contribution >= 4 is 17.7 Å². The summed E-state index contributed by atoms with van der Waals surface area (Å²) in [5.74, 6) is 2.73. The van der Waals surface area contributed by atoms with Crippen LogP contribution >= 0.6 is 11.8 Å². The predicted octanol–water partition coefficient (Wildman–Crippen LogP) is 1.71. The zero-order valence-electron chi connectivity index (χ0n) is 11.4. The minimum absolute atomic E-state index is 0.0470. The molecular weight excluding hydrogens is 260 g/mol. The zero-order valence-corrected chi connectivity index (χ0v) is 12.2. The van der Waals surface area contributed by atoms with Crippen LogP contribution in [0.1, 0.15) is 12.5 Å². The standard InChI is InChI=1S/C14H20N2O2S/c1-3-18-13-7-5-4-6-11(13)8-16(2)14(17)12-9-19-10-15-12/h4-7,12,15H,3,8-10H2,1-2H3. The van der Waals surface area contributed by atoms with Crippen molar-refractivity contribution in [2.24, 2.45) is 0 Å². The molecule has 1 N–H and O–H groups in total. The van der Waals surface area contributed by atoms with Crippen molar-refractivity contribution in [1.82, 2.24) is 10.2 Å². The SMILES string of the molecule is CCOc1ccccc1CN(C)C(=O)C1CSCN1. The van der Waals surface area contributed by atoms with Crippen LogP contribution in [0.15, 0.2) is 24.3 Å². The van der Waals surface area contributed by atoms with Gasteiger partial charge in [0, 0.05) is 30.8 Å². The molecule has 0 aliphatic carbocycles. The van der Waals surface area contributed by atoms with Crippen LogP contribution in [0.25, 0.3) is 0 Å². The van der Waals surface area contributed by atoms with E-state index in [-0.39, 0.29) is 11.9 Å². The number of ether oxygens (including phenoxy) is 1. The third kappa shape index (κ3) is 3.64. The Bertz CT molecular complexity index is 433. The van der Waals surface area contributed by atoms with E-state index in [1.54, 1.807) is 16.7 Å². The number of carbonyl (C=O) groups is 1. The van der Waals surface area contributed by atoms with Crippen molar-refractivity contribution in [1.29, 1.82) is 0 Å². The van der Waals surface area contributed by atoms with Gasteiger partial charge in [-0.2, -0.15) is 0 Å². The number of thioether (sulfide) groups is 1. The lowest BCUT2D eigenvalue weighted by atomic mass is 10.2. The van der Waals surface area contributed by atoms with Crippen molar-refractivity contribution < 1.29 is 9.53 Å². The average Bonchev–Trinajstić information content (AvgIpc) is 2.94. The van der Waals surface area contributed by atoms with E-state index in [1.165, 1.54) is 0 Å². The van der Waals surface area contributed by atoms with Gasteiger partial charge in [-0.05, 0) is 13.0 Å². The van der Waals surface area contributed by atoms with E-state index in [9.17, 15) is 4.79 Å². The van der Waals surface area contributed by atoms with Crippen molar-refractivity contribution in [3.05, 3.63) is 29.8 Å². The highest BCUT2D eigenvalue weighted by Crippen LogP contribution is 2.20. The molecule has 2 rings (SSSR count). The molecular formula is C14H20N2O2S. The highest BCUT2D eigenvalue weighted by molar-refractivity contribution is 7.99. The molecule has 5 heteroatoms. The lowest BCUT2D eigenvalue weighted by Gasteiger charge is -2.22. The van der Waals surface area contributed by atoms with Crippen molar-refractivity contribution in [2.75, 3.05) is 25.3 Å². The van der Waals surface area contributed by atoms with Gasteiger partial charge in [-0.3, -0.25) is 10.1 Å². The minimum atomic E-state index is -0.0470. The molecule has 1 unspecified atom stereocenters. The number of nitrogens with one attached hydrogen (secondary N) is 1. The summed E-state index contributed by atoms with van der Waals surface area (Å²) in [6.07, 6.45) is 0. The molecule has 0 spiro atoms. The van der Waals surface area contributed by atoms with Crippen molar-refractivity contribution in [2.45, 2.75) is 19.5 Å². The molecule has 0 radical (unpaired) electrons. The zero-order chi connectivity index (χ0) is 13.7. The highest BCUT2D eigenvalue weighted by atomic mass is 32.2. The number of benzene rings is 1. The van der Waals surface area contributed by atoms with Crippen LogP contribution in [0.4, 0.5) is 0 Å². The molecule has 1 aromatic rings. The summed E-state index contributed by atoms with van der Waals surface area (Å²) in [4.78, 5) is 14.0. The summed E-state index contributed by atoms with van der Waals surface area (Å²) in [6, 6.07) is 7.83. The van der Waals surface area contributed by atoms with E-state index < -0.39 is 0 Å². The Labute approximate surface area is 118 Å². The largest absolute Gasteiger partial charge is 0.494 e. The molecule has 1 aromatic carbocycles. The normalized spacial score (nSPS) is 18.3. The summed E-state index contributed by atoms with van der Waals surface area (Å²) in [5, 5.41) is 3.20. The van der Waals surface area contributed by atoms with Crippen LogP contribution in [0.3, 0.4) is 0 Å². The monoisotopic (exact) mass is 280 g/mol. The second-order valence-electron chi connectivity index (χ2n) is 4.51. The number of amides is 1. The van der Waals surface area contributed by atoms with E-state index in [0.29, 0.717) is 13.2 Å². The van der Waals surface area contributed by atoms with Gasteiger partial charge in [-0.15, -0.1) is 11.8 Å². The van der Waals surface area contributed by atoms with Crippen LogP contribution in [0.5, 0.6) is 5.75 Å². The van der Waals surface area contributed by atoms with E-state index >= 15 is 0 Å². The molecule has 1 aliphatic rings. The van der Waals surface area contributed by atoms with E-state index in [1.807, 2.05) is 38.2 Å². The Balaban J connectivity index is 2.01. The molecule has 4 nitrogen and oxygen atoms in total. The fraction of sp³-hybridized carbons (Fsp3) is 0.500. The summed E-state index contributed by atoms with van der Waals surface area (Å²) >= 11 is 1.76. The van der Waals surface area contributed by atoms with Gasteiger partial charge in [0.2, 0.25) is 5.91 Å². The van der Waals surface area contributed by atoms with Crippen LogP contribution in [-0.4, -0.2) is 42.1 Å². The Morgan fingerprint density at radius 2 is 2.32 bits per heavy atom. The summed E-state index contributed by atoms with van der Waals surface area (Å²) in [6.45, 7) is 3.18. The molecule has 1 aliphatic heterocycles. The first kappa shape index (κ1) is 14.2. The number of rotatable bonds is 5. The first-order valence-corrected chi connectivity index (χ1v) is 7.64. The topological polar surface area (TPSA) is 41.6 Å². The Morgan fingerprint density at radius 3 is 3.00 bits per heavy atom. The fourth-order valence-corrected chi connectivity index (χ4v) is 3.02. The number of nitrogens with zero attached hydrogens (tertiary/aromatic N) is 1. The first-order chi connectivity index (χ1) is 9.22. The summed E-state index contributed by atoms with van der Waals surface area (Å²) in [7, 11) is 1.84. The molecule has 1 atom stereocenters. The molecule has 1 saturated heterocycles. The first-order valence-electron chi connectivity index (χ1n) is 6.49. The molecule has 1 amide bonds. The highest BCUT2D eigenvalue weighted by Gasteiger charge is 2.25. The molecule has 0 bridgehead atoms. The summed E-state index contributed by atoms with van der Waals surface area (Å²) < 4.78 is 5.59. The third-order valence-corrected chi connectivity index (χ3v) is 4.01. The third-order valence-electron chi connectivity index (χ3n) is 3.07. The van der Waals surface area contributed by atoms with Gasteiger partial charge in [0.05, 0.1) is 12.6 Å². The maximum Gasteiger partial charge on any atom is 0.240 e. The van der Waals surface area contributed by atoms with Crippen molar-refractivity contribution in [3.8, 4) is 5.75 Å². The van der Waals surface area contributed by atoms with Gasteiger partial charge >= 0.3 is 0 Å². The number of hydrogen-bond acceptors (Lipinski definition) is 4. The molecule has 1 fully saturated rings.